The van der Waals surface area contributed by atoms with Crippen molar-refractivity contribution >= 4 is 45.0 Å². The standard InChI is InChI=1S/C19H11BrClNO6/c20-12-3-1-11(2-4-12)16(23)10-27-19(24)18-8-7-17(28-18)14-6-5-13(22(25)26)9-15(14)21/h1-9H,10H2. The van der Waals surface area contributed by atoms with Crippen molar-refractivity contribution in [1.82, 2.24) is 0 Å². The van der Waals surface area contributed by atoms with Crippen LogP contribution in [0.1, 0.15) is 20.9 Å². The van der Waals surface area contributed by atoms with E-state index < -0.39 is 17.5 Å². The zero-order chi connectivity index (χ0) is 20.3. The molecule has 7 nitrogen and oxygen atoms in total. The number of benzene rings is 2. The van der Waals surface area contributed by atoms with E-state index >= 15 is 0 Å². The van der Waals surface area contributed by atoms with Crippen LogP contribution >= 0.6 is 27.5 Å². The quantitative estimate of drug-likeness (QED) is 0.212. The van der Waals surface area contributed by atoms with E-state index in [1.807, 2.05) is 0 Å². The molecule has 0 unspecified atom stereocenters. The lowest BCUT2D eigenvalue weighted by molar-refractivity contribution is -0.384. The topological polar surface area (TPSA) is 99.7 Å². The zero-order valence-corrected chi connectivity index (χ0v) is 16.4. The number of rotatable bonds is 6. The molecule has 9 heteroatoms. The fraction of sp³-hybridized carbons (Fsp3) is 0.0526. The van der Waals surface area contributed by atoms with Gasteiger partial charge in [-0.3, -0.25) is 14.9 Å². The summed E-state index contributed by atoms with van der Waals surface area (Å²) < 4.78 is 11.2. The molecule has 1 aromatic heterocycles. The smallest absolute Gasteiger partial charge is 0.374 e. The molecule has 0 N–H and O–H groups in total. The van der Waals surface area contributed by atoms with Gasteiger partial charge in [0.2, 0.25) is 5.76 Å². The molecule has 1 heterocycles. The highest BCUT2D eigenvalue weighted by Gasteiger charge is 2.18. The first-order valence-corrected chi connectivity index (χ1v) is 9.02. The number of hydrogen-bond donors (Lipinski definition) is 0. The molecule has 28 heavy (non-hydrogen) atoms. The Kier molecular flexibility index (Phi) is 5.91. The summed E-state index contributed by atoms with van der Waals surface area (Å²) in [6, 6.07) is 13.4. The van der Waals surface area contributed by atoms with E-state index in [-0.39, 0.29) is 28.0 Å². The number of nitrogens with zero attached hydrogens (tertiary/aromatic N) is 1. The average molecular weight is 465 g/mol. The monoisotopic (exact) mass is 463 g/mol. The van der Waals surface area contributed by atoms with E-state index in [9.17, 15) is 19.7 Å². The van der Waals surface area contributed by atoms with Gasteiger partial charge in [0, 0.05) is 27.7 Å². The largest absolute Gasteiger partial charge is 0.451 e. The maximum absolute atomic E-state index is 12.1. The molecule has 142 valence electrons. The molecular formula is C19H11BrClNO6. The Morgan fingerprint density at radius 2 is 1.82 bits per heavy atom. The summed E-state index contributed by atoms with van der Waals surface area (Å²) in [5.41, 5.74) is 0.637. The van der Waals surface area contributed by atoms with Crippen LogP contribution in [0.4, 0.5) is 5.69 Å². The van der Waals surface area contributed by atoms with Gasteiger partial charge in [-0.25, -0.2) is 4.79 Å². The number of carbonyl (C=O) groups is 2. The fourth-order valence-corrected chi connectivity index (χ4v) is 2.86. The molecule has 0 saturated carbocycles. The second-order valence-electron chi connectivity index (χ2n) is 5.59. The third-order valence-electron chi connectivity index (χ3n) is 3.74. The minimum absolute atomic E-state index is 0.105. The second-order valence-corrected chi connectivity index (χ2v) is 6.91. The number of hydrogen-bond acceptors (Lipinski definition) is 6. The molecule has 0 atom stereocenters. The summed E-state index contributed by atoms with van der Waals surface area (Å²) >= 11 is 9.32. The van der Waals surface area contributed by atoms with E-state index in [4.69, 9.17) is 20.8 Å². The van der Waals surface area contributed by atoms with Crippen LogP contribution in [0.3, 0.4) is 0 Å². The number of nitro benzene ring substituents is 1. The highest BCUT2D eigenvalue weighted by atomic mass is 79.9. The predicted molar refractivity (Wildman–Crippen MR) is 105 cm³/mol. The average Bonchev–Trinajstić information content (AvgIpc) is 3.16. The van der Waals surface area contributed by atoms with Crippen molar-refractivity contribution in [3.05, 3.63) is 85.5 Å². The van der Waals surface area contributed by atoms with Gasteiger partial charge in [0.15, 0.2) is 12.4 Å². The van der Waals surface area contributed by atoms with Gasteiger partial charge < -0.3 is 9.15 Å². The molecule has 0 amide bonds. The van der Waals surface area contributed by atoms with Crippen molar-refractivity contribution in [2.24, 2.45) is 0 Å². The molecule has 3 aromatic rings. The minimum atomic E-state index is -0.810. The summed E-state index contributed by atoms with van der Waals surface area (Å²) in [6.07, 6.45) is 0. The number of halogens is 2. The van der Waals surface area contributed by atoms with E-state index in [1.54, 1.807) is 24.3 Å². The Labute approximate surface area is 172 Å². The van der Waals surface area contributed by atoms with Crippen LogP contribution in [0.2, 0.25) is 5.02 Å². The Balaban J connectivity index is 1.68. The molecule has 2 aromatic carbocycles. The molecule has 3 rings (SSSR count). The van der Waals surface area contributed by atoms with E-state index in [0.717, 1.165) is 4.47 Å². The van der Waals surface area contributed by atoms with Gasteiger partial charge in [-0.1, -0.05) is 39.7 Å². The highest BCUT2D eigenvalue weighted by molar-refractivity contribution is 9.10. The van der Waals surface area contributed by atoms with Gasteiger partial charge in [-0.2, -0.15) is 0 Å². The Morgan fingerprint density at radius 3 is 2.46 bits per heavy atom. The van der Waals surface area contributed by atoms with Gasteiger partial charge in [0.05, 0.1) is 9.95 Å². The van der Waals surface area contributed by atoms with E-state index in [0.29, 0.717) is 11.1 Å². The molecular weight excluding hydrogens is 454 g/mol. The number of furan rings is 1. The van der Waals surface area contributed by atoms with E-state index in [1.165, 1.54) is 30.3 Å². The number of ketones is 1. The molecule has 0 bridgehead atoms. The van der Waals surface area contributed by atoms with Crippen molar-refractivity contribution < 1.29 is 23.7 Å². The number of nitro groups is 1. The van der Waals surface area contributed by atoms with Crippen molar-refractivity contribution in [3.8, 4) is 11.3 Å². The number of non-ortho nitro benzene ring substituents is 1. The molecule has 0 spiro atoms. The lowest BCUT2D eigenvalue weighted by Crippen LogP contribution is -2.13. The van der Waals surface area contributed by atoms with Crippen LogP contribution in [0.5, 0.6) is 0 Å². The summed E-state index contributed by atoms with van der Waals surface area (Å²) in [5.74, 6) is -1.04. The number of esters is 1. The normalized spacial score (nSPS) is 10.5. The first kappa shape index (κ1) is 19.8. The lowest BCUT2D eigenvalue weighted by Gasteiger charge is -2.03. The molecule has 0 radical (unpaired) electrons. The maximum atomic E-state index is 12.1. The number of Topliss-reactive ketones (excluding diaryl/α,β-unsaturated/α-hetero) is 1. The Morgan fingerprint density at radius 1 is 1.11 bits per heavy atom. The predicted octanol–water partition coefficient (Wildman–Crippen LogP) is 5.31. The van der Waals surface area contributed by atoms with Gasteiger partial charge in [0.25, 0.3) is 5.69 Å². The second kappa shape index (κ2) is 8.37. The summed E-state index contributed by atoms with van der Waals surface area (Å²) in [4.78, 5) is 34.4. The van der Waals surface area contributed by atoms with Crippen LogP contribution in [0.25, 0.3) is 11.3 Å². The third-order valence-corrected chi connectivity index (χ3v) is 4.58. The van der Waals surface area contributed by atoms with Crippen LogP contribution in [0, 0.1) is 10.1 Å². The fourth-order valence-electron chi connectivity index (χ4n) is 2.33. The van der Waals surface area contributed by atoms with Gasteiger partial charge in [-0.15, -0.1) is 0 Å². The van der Waals surface area contributed by atoms with Crippen molar-refractivity contribution in [2.75, 3.05) is 6.61 Å². The number of carbonyl (C=O) groups excluding carboxylic acids is 2. The highest BCUT2D eigenvalue weighted by Crippen LogP contribution is 2.32. The molecule has 0 fully saturated rings. The van der Waals surface area contributed by atoms with Gasteiger partial charge >= 0.3 is 5.97 Å². The SMILES string of the molecule is O=C(COC(=O)c1ccc(-c2ccc([N+](=O)[O-])cc2Cl)o1)c1ccc(Br)cc1. The van der Waals surface area contributed by atoms with Crippen LogP contribution in [-0.2, 0) is 4.74 Å². The van der Waals surface area contributed by atoms with Gasteiger partial charge in [0.1, 0.15) is 5.76 Å². The molecule has 0 aliphatic rings. The lowest BCUT2D eigenvalue weighted by atomic mass is 10.1. The summed E-state index contributed by atoms with van der Waals surface area (Å²) in [6.45, 7) is -0.436. The first-order chi connectivity index (χ1) is 13.3. The van der Waals surface area contributed by atoms with Crippen molar-refractivity contribution in [3.63, 3.8) is 0 Å². The summed E-state index contributed by atoms with van der Waals surface area (Å²) in [5, 5.41) is 10.9. The zero-order valence-electron chi connectivity index (χ0n) is 14.1. The van der Waals surface area contributed by atoms with E-state index in [2.05, 4.69) is 15.9 Å². The van der Waals surface area contributed by atoms with Crippen LogP contribution in [0.15, 0.2) is 63.5 Å². The van der Waals surface area contributed by atoms with Crippen LogP contribution < -0.4 is 0 Å². The molecule has 0 aliphatic heterocycles. The molecule has 0 saturated heterocycles. The summed E-state index contributed by atoms with van der Waals surface area (Å²) in [7, 11) is 0. The van der Waals surface area contributed by atoms with Crippen molar-refractivity contribution in [1.29, 1.82) is 0 Å². The molecule has 0 aliphatic carbocycles. The van der Waals surface area contributed by atoms with Crippen LogP contribution in [-0.4, -0.2) is 23.3 Å². The minimum Gasteiger partial charge on any atom is -0.451 e. The van der Waals surface area contributed by atoms with Crippen molar-refractivity contribution in [2.45, 2.75) is 0 Å². The Bertz CT molecular complexity index is 1060. The first-order valence-electron chi connectivity index (χ1n) is 7.85. The number of ether oxygens (including phenoxy) is 1. The Hall–Kier alpha value is -2.97. The maximum Gasteiger partial charge on any atom is 0.374 e. The van der Waals surface area contributed by atoms with Gasteiger partial charge in [-0.05, 0) is 30.3 Å². The third kappa shape index (κ3) is 4.47.